The number of halogens is 2. The number of rotatable bonds is 4. The summed E-state index contributed by atoms with van der Waals surface area (Å²) in [4.78, 5) is 8.41. The topological polar surface area (TPSA) is 47.0 Å². The molecule has 1 N–H and O–H groups in total. The summed E-state index contributed by atoms with van der Waals surface area (Å²) >= 11 is 6.76. The van der Waals surface area contributed by atoms with Gasteiger partial charge in [0.2, 0.25) is 11.8 Å². The smallest absolute Gasteiger partial charge is 0.238 e. The van der Waals surface area contributed by atoms with Crippen molar-refractivity contribution in [2.75, 3.05) is 11.9 Å². The highest BCUT2D eigenvalue weighted by molar-refractivity contribution is 9.10. The van der Waals surface area contributed by atoms with Gasteiger partial charge in [0.05, 0.1) is 10.7 Å². The van der Waals surface area contributed by atoms with Gasteiger partial charge in [-0.15, -0.1) is 0 Å². The molecule has 0 spiro atoms. The minimum atomic E-state index is 0.485. The van der Waals surface area contributed by atoms with Gasteiger partial charge in [0.15, 0.2) is 0 Å². The SMILES string of the molecule is CCNc1ncc(Br)c(Oc2cccc(Br)c2)n1. The van der Waals surface area contributed by atoms with Crippen molar-refractivity contribution < 1.29 is 4.74 Å². The van der Waals surface area contributed by atoms with Crippen LogP contribution in [0.25, 0.3) is 0 Å². The van der Waals surface area contributed by atoms with Crippen molar-refractivity contribution in [3.63, 3.8) is 0 Å². The number of hydrogen-bond acceptors (Lipinski definition) is 4. The van der Waals surface area contributed by atoms with Gasteiger partial charge in [-0.3, -0.25) is 0 Å². The average Bonchev–Trinajstić information content (AvgIpc) is 2.34. The van der Waals surface area contributed by atoms with Crippen LogP contribution in [0, 0.1) is 0 Å². The molecule has 0 unspecified atom stereocenters. The van der Waals surface area contributed by atoms with Gasteiger partial charge in [0, 0.05) is 11.0 Å². The van der Waals surface area contributed by atoms with Gasteiger partial charge in [-0.1, -0.05) is 22.0 Å². The molecule has 0 saturated carbocycles. The van der Waals surface area contributed by atoms with Crippen LogP contribution in [0.2, 0.25) is 0 Å². The van der Waals surface area contributed by atoms with E-state index in [0.29, 0.717) is 22.1 Å². The third-order valence-corrected chi connectivity index (χ3v) is 3.09. The predicted octanol–water partition coefficient (Wildman–Crippen LogP) is 4.23. The molecule has 1 aromatic heterocycles. The predicted molar refractivity (Wildman–Crippen MR) is 78.1 cm³/mol. The van der Waals surface area contributed by atoms with E-state index in [0.717, 1.165) is 11.0 Å². The van der Waals surface area contributed by atoms with Crippen LogP contribution in [0.1, 0.15) is 6.92 Å². The monoisotopic (exact) mass is 371 g/mol. The van der Waals surface area contributed by atoms with E-state index in [9.17, 15) is 0 Å². The van der Waals surface area contributed by atoms with Crippen molar-refractivity contribution in [3.05, 3.63) is 39.4 Å². The lowest BCUT2D eigenvalue weighted by Crippen LogP contribution is -2.03. The standard InChI is InChI=1S/C12H11Br2N3O/c1-2-15-12-16-7-10(14)11(17-12)18-9-5-3-4-8(13)6-9/h3-7H,2H2,1H3,(H,15,16,17). The first kappa shape index (κ1) is 13.3. The summed E-state index contributed by atoms with van der Waals surface area (Å²) in [6, 6.07) is 7.58. The molecule has 0 saturated heterocycles. The molecule has 2 aromatic rings. The zero-order valence-electron chi connectivity index (χ0n) is 9.65. The van der Waals surface area contributed by atoms with E-state index in [1.807, 2.05) is 31.2 Å². The molecule has 0 radical (unpaired) electrons. The molecule has 0 amide bonds. The van der Waals surface area contributed by atoms with Crippen LogP contribution in [-0.4, -0.2) is 16.5 Å². The molecular formula is C12H11Br2N3O. The zero-order chi connectivity index (χ0) is 13.0. The summed E-state index contributed by atoms with van der Waals surface area (Å²) < 4.78 is 7.38. The van der Waals surface area contributed by atoms with Crippen LogP contribution in [-0.2, 0) is 0 Å². The number of hydrogen-bond donors (Lipinski definition) is 1. The summed E-state index contributed by atoms with van der Waals surface area (Å²) in [5, 5.41) is 3.04. The Morgan fingerprint density at radius 2 is 2.17 bits per heavy atom. The highest BCUT2D eigenvalue weighted by Gasteiger charge is 2.07. The third-order valence-electron chi connectivity index (χ3n) is 2.06. The lowest BCUT2D eigenvalue weighted by molar-refractivity contribution is 0.458. The van der Waals surface area contributed by atoms with E-state index < -0.39 is 0 Å². The minimum Gasteiger partial charge on any atom is -0.438 e. The number of anilines is 1. The number of benzene rings is 1. The molecule has 0 aliphatic carbocycles. The van der Waals surface area contributed by atoms with Crippen LogP contribution in [0.5, 0.6) is 11.6 Å². The molecule has 94 valence electrons. The number of ether oxygens (including phenoxy) is 1. The second kappa shape index (κ2) is 6.15. The fourth-order valence-corrected chi connectivity index (χ4v) is 1.96. The largest absolute Gasteiger partial charge is 0.438 e. The number of aromatic nitrogens is 2. The first-order valence-electron chi connectivity index (χ1n) is 5.39. The Bertz CT molecular complexity index is 549. The molecule has 0 fully saturated rings. The average molecular weight is 373 g/mol. The van der Waals surface area contributed by atoms with Crippen LogP contribution >= 0.6 is 31.9 Å². The summed E-state index contributed by atoms with van der Waals surface area (Å²) in [6.07, 6.45) is 1.66. The van der Waals surface area contributed by atoms with E-state index in [1.165, 1.54) is 0 Å². The second-order valence-corrected chi connectivity index (χ2v) is 5.21. The quantitative estimate of drug-likeness (QED) is 0.872. The van der Waals surface area contributed by atoms with E-state index >= 15 is 0 Å². The summed E-state index contributed by atoms with van der Waals surface area (Å²) in [5.74, 6) is 1.75. The van der Waals surface area contributed by atoms with E-state index in [1.54, 1.807) is 6.20 Å². The first-order valence-corrected chi connectivity index (χ1v) is 6.97. The van der Waals surface area contributed by atoms with Crippen LogP contribution in [0.4, 0.5) is 5.95 Å². The maximum absolute atomic E-state index is 5.71. The Labute approximate surface area is 122 Å². The Morgan fingerprint density at radius 3 is 2.89 bits per heavy atom. The lowest BCUT2D eigenvalue weighted by atomic mass is 10.3. The fraction of sp³-hybridized carbons (Fsp3) is 0.167. The minimum absolute atomic E-state index is 0.485. The highest BCUT2D eigenvalue weighted by atomic mass is 79.9. The van der Waals surface area contributed by atoms with Gasteiger partial charge < -0.3 is 10.1 Å². The van der Waals surface area contributed by atoms with E-state index in [2.05, 4.69) is 47.1 Å². The molecule has 0 atom stereocenters. The zero-order valence-corrected chi connectivity index (χ0v) is 12.8. The number of nitrogens with zero attached hydrogens (tertiary/aromatic N) is 2. The Hall–Kier alpha value is -1.14. The molecule has 18 heavy (non-hydrogen) atoms. The van der Waals surface area contributed by atoms with Crippen LogP contribution in [0.3, 0.4) is 0 Å². The maximum atomic E-state index is 5.71. The van der Waals surface area contributed by atoms with Crippen molar-refractivity contribution >= 4 is 37.8 Å². The lowest BCUT2D eigenvalue weighted by Gasteiger charge is -2.08. The third kappa shape index (κ3) is 3.43. The van der Waals surface area contributed by atoms with Crippen molar-refractivity contribution in [1.82, 2.24) is 9.97 Å². The molecule has 2 rings (SSSR count). The van der Waals surface area contributed by atoms with Gasteiger partial charge in [0.25, 0.3) is 0 Å². The van der Waals surface area contributed by atoms with Crippen LogP contribution in [0.15, 0.2) is 39.4 Å². The molecule has 1 aromatic carbocycles. The second-order valence-electron chi connectivity index (χ2n) is 3.44. The van der Waals surface area contributed by atoms with Gasteiger partial charge in [-0.2, -0.15) is 4.98 Å². The molecular weight excluding hydrogens is 362 g/mol. The van der Waals surface area contributed by atoms with Crippen LogP contribution < -0.4 is 10.1 Å². The van der Waals surface area contributed by atoms with Gasteiger partial charge >= 0.3 is 0 Å². The van der Waals surface area contributed by atoms with Crippen molar-refractivity contribution in [2.24, 2.45) is 0 Å². The van der Waals surface area contributed by atoms with Crippen molar-refractivity contribution in [1.29, 1.82) is 0 Å². The maximum Gasteiger partial charge on any atom is 0.238 e. The van der Waals surface area contributed by atoms with Crippen molar-refractivity contribution in [2.45, 2.75) is 6.92 Å². The molecule has 0 bridgehead atoms. The van der Waals surface area contributed by atoms with E-state index in [-0.39, 0.29) is 0 Å². The molecule has 4 nitrogen and oxygen atoms in total. The number of nitrogens with one attached hydrogen (secondary N) is 1. The van der Waals surface area contributed by atoms with Gasteiger partial charge in [-0.05, 0) is 41.1 Å². The normalized spacial score (nSPS) is 10.2. The fourth-order valence-electron chi connectivity index (χ4n) is 1.31. The highest BCUT2D eigenvalue weighted by Crippen LogP contribution is 2.29. The summed E-state index contributed by atoms with van der Waals surface area (Å²) in [5.41, 5.74) is 0. The van der Waals surface area contributed by atoms with Gasteiger partial charge in [0.1, 0.15) is 5.75 Å². The van der Waals surface area contributed by atoms with Crippen molar-refractivity contribution in [3.8, 4) is 11.6 Å². The van der Waals surface area contributed by atoms with Gasteiger partial charge in [-0.25, -0.2) is 4.98 Å². The summed E-state index contributed by atoms with van der Waals surface area (Å²) in [7, 11) is 0. The molecule has 6 heteroatoms. The van der Waals surface area contributed by atoms with E-state index in [4.69, 9.17) is 4.74 Å². The Kier molecular flexibility index (Phi) is 4.54. The molecule has 0 aliphatic rings. The Morgan fingerprint density at radius 1 is 1.33 bits per heavy atom. The molecule has 1 heterocycles. The Balaban J connectivity index is 2.25. The summed E-state index contributed by atoms with van der Waals surface area (Å²) in [6.45, 7) is 2.75. The molecule has 0 aliphatic heterocycles. The first-order chi connectivity index (χ1) is 8.69.